The van der Waals surface area contributed by atoms with E-state index in [4.69, 9.17) is 0 Å². The predicted molar refractivity (Wildman–Crippen MR) is 130 cm³/mol. The number of likely N-dealkylation sites (tertiary alicyclic amines) is 1. The fourth-order valence-electron chi connectivity index (χ4n) is 4.30. The summed E-state index contributed by atoms with van der Waals surface area (Å²) in [6.45, 7) is 10.4. The van der Waals surface area contributed by atoms with Crippen LogP contribution in [0.15, 0.2) is 23.1 Å². The minimum Gasteiger partial charge on any atom is -0.355 e. The van der Waals surface area contributed by atoms with Gasteiger partial charge in [-0.1, -0.05) is 26.0 Å². The Morgan fingerprint density at radius 3 is 2.39 bits per heavy atom. The van der Waals surface area contributed by atoms with Crippen LogP contribution in [0.25, 0.3) is 0 Å². The largest absolute Gasteiger partial charge is 0.355 e. The Bertz CT molecular complexity index is 936. The van der Waals surface area contributed by atoms with E-state index in [0.717, 1.165) is 12.1 Å². The van der Waals surface area contributed by atoms with E-state index in [0.29, 0.717) is 38.0 Å². The molecule has 1 aromatic rings. The first-order chi connectivity index (χ1) is 15.3. The molecule has 1 heterocycles. The zero-order chi connectivity index (χ0) is 24.8. The molecule has 2 N–H and O–H groups in total. The molecule has 0 radical (unpaired) electrons. The van der Waals surface area contributed by atoms with Crippen molar-refractivity contribution < 1.29 is 18.0 Å². The van der Waals surface area contributed by atoms with Crippen LogP contribution in [0.4, 0.5) is 0 Å². The van der Waals surface area contributed by atoms with Crippen LogP contribution in [0.5, 0.6) is 0 Å². The molecule has 1 aliphatic rings. The summed E-state index contributed by atoms with van der Waals surface area (Å²) in [7, 11) is 0.375. The number of hydrogen-bond donors (Lipinski definition) is 2. The quantitative estimate of drug-likeness (QED) is 0.533. The van der Waals surface area contributed by atoms with E-state index in [1.807, 2.05) is 27.1 Å². The fourth-order valence-corrected chi connectivity index (χ4v) is 5.66. The summed E-state index contributed by atoms with van der Waals surface area (Å²) in [6, 6.07) is 5.28. The molecule has 0 atom stereocenters. The van der Waals surface area contributed by atoms with Gasteiger partial charge < -0.3 is 15.1 Å². The molecule has 1 saturated heterocycles. The van der Waals surface area contributed by atoms with Gasteiger partial charge in [-0.05, 0) is 63.4 Å². The lowest BCUT2D eigenvalue weighted by Gasteiger charge is -2.33. The molecule has 1 fully saturated rings. The van der Waals surface area contributed by atoms with Crippen molar-refractivity contribution in [2.24, 2.45) is 11.3 Å². The number of aryl methyl sites for hydroxylation is 2. The Morgan fingerprint density at radius 1 is 1.15 bits per heavy atom. The van der Waals surface area contributed by atoms with Gasteiger partial charge in [-0.2, -0.15) is 0 Å². The average Bonchev–Trinajstić information content (AvgIpc) is 2.72. The average molecular weight is 481 g/mol. The highest BCUT2D eigenvalue weighted by molar-refractivity contribution is 7.89. The first kappa shape index (κ1) is 27.3. The van der Waals surface area contributed by atoms with Crippen LogP contribution < -0.4 is 10.0 Å². The minimum absolute atomic E-state index is 0.0137. The van der Waals surface area contributed by atoms with Crippen molar-refractivity contribution >= 4 is 21.8 Å². The number of sulfonamides is 1. The van der Waals surface area contributed by atoms with Gasteiger partial charge in [0.2, 0.25) is 21.8 Å². The number of carbonyl (C=O) groups excluding carboxylic acids is 2. The maximum Gasteiger partial charge on any atom is 0.240 e. The maximum atomic E-state index is 12.6. The lowest BCUT2D eigenvalue weighted by Crippen LogP contribution is -2.46. The molecule has 2 amide bonds. The first-order valence-corrected chi connectivity index (χ1v) is 13.1. The molecule has 0 bridgehead atoms. The molecule has 0 saturated carbocycles. The van der Waals surface area contributed by atoms with E-state index in [9.17, 15) is 18.0 Å². The summed E-state index contributed by atoms with van der Waals surface area (Å²) in [5, 5.41) is 3.07. The highest BCUT2D eigenvalue weighted by atomic mass is 32.2. The fraction of sp³-hybridized carbons (Fsp3) is 0.667. The van der Waals surface area contributed by atoms with Crippen LogP contribution >= 0.6 is 0 Å². The molecule has 0 aliphatic carbocycles. The Hall–Kier alpha value is -1.97. The van der Waals surface area contributed by atoms with Crippen molar-refractivity contribution in [3.05, 3.63) is 29.3 Å². The lowest BCUT2D eigenvalue weighted by atomic mass is 9.91. The molecule has 1 aromatic carbocycles. The highest BCUT2D eigenvalue weighted by Gasteiger charge is 2.29. The molecular formula is C24H40N4O4S. The molecule has 186 valence electrons. The summed E-state index contributed by atoms with van der Waals surface area (Å²) >= 11 is 0. The Morgan fingerprint density at radius 2 is 1.79 bits per heavy atom. The van der Waals surface area contributed by atoms with Gasteiger partial charge in [0.25, 0.3) is 0 Å². The smallest absolute Gasteiger partial charge is 0.240 e. The van der Waals surface area contributed by atoms with Gasteiger partial charge in [0.05, 0.1) is 4.90 Å². The number of nitrogens with zero attached hydrogens (tertiary/aromatic N) is 2. The third kappa shape index (κ3) is 8.39. The topological polar surface area (TPSA) is 98.8 Å². The van der Waals surface area contributed by atoms with Crippen LogP contribution in [0.2, 0.25) is 0 Å². The Kier molecular flexibility index (Phi) is 9.46. The lowest BCUT2D eigenvalue weighted by molar-refractivity contribution is -0.135. The van der Waals surface area contributed by atoms with E-state index < -0.39 is 10.0 Å². The summed E-state index contributed by atoms with van der Waals surface area (Å²) in [4.78, 5) is 29.2. The molecule has 0 aromatic heterocycles. The van der Waals surface area contributed by atoms with Crippen LogP contribution in [0, 0.1) is 25.2 Å². The van der Waals surface area contributed by atoms with Gasteiger partial charge in [-0.3, -0.25) is 9.59 Å². The van der Waals surface area contributed by atoms with Crippen LogP contribution in [-0.2, 0) is 19.6 Å². The van der Waals surface area contributed by atoms with Gasteiger partial charge in [0.15, 0.2) is 0 Å². The summed E-state index contributed by atoms with van der Waals surface area (Å²) in [5.74, 6) is -0.133. The van der Waals surface area contributed by atoms with Crippen molar-refractivity contribution in [2.75, 3.05) is 46.8 Å². The van der Waals surface area contributed by atoms with Crippen LogP contribution in [-0.4, -0.2) is 76.9 Å². The number of rotatable bonds is 10. The zero-order valence-electron chi connectivity index (χ0n) is 20.9. The third-order valence-electron chi connectivity index (χ3n) is 5.97. The molecule has 1 aliphatic heterocycles. The molecule has 33 heavy (non-hydrogen) atoms. The number of nitrogens with one attached hydrogen (secondary N) is 2. The van der Waals surface area contributed by atoms with E-state index in [1.165, 1.54) is 0 Å². The van der Waals surface area contributed by atoms with Gasteiger partial charge >= 0.3 is 0 Å². The summed E-state index contributed by atoms with van der Waals surface area (Å²) < 4.78 is 27.7. The second-order valence-corrected chi connectivity index (χ2v) is 11.9. The number of carbonyl (C=O) groups is 2. The molecular weight excluding hydrogens is 440 g/mol. The van der Waals surface area contributed by atoms with Gasteiger partial charge in [0, 0.05) is 45.1 Å². The standard InChI is InChI=1S/C24H40N4O4S/c1-18-7-8-19(2)21(15-18)33(31,32)26-12-9-22(29)28-13-10-20(11-14-28)23(30)25-16-24(3,4)17-27(5)6/h7-8,15,20,26H,9-14,16-17H2,1-6H3,(H,25,30). The van der Waals surface area contributed by atoms with Gasteiger partial charge in [-0.25, -0.2) is 13.1 Å². The zero-order valence-corrected chi connectivity index (χ0v) is 21.7. The molecule has 8 nitrogen and oxygen atoms in total. The second-order valence-electron chi connectivity index (χ2n) is 10.2. The maximum absolute atomic E-state index is 12.6. The Balaban J connectivity index is 1.77. The number of amides is 2. The predicted octanol–water partition coefficient (Wildman–Crippen LogP) is 1.91. The van der Waals surface area contributed by atoms with E-state index in [-0.39, 0.29) is 41.0 Å². The normalized spacial score (nSPS) is 15.7. The second kappa shape index (κ2) is 11.4. The summed E-state index contributed by atoms with van der Waals surface area (Å²) in [5.41, 5.74) is 1.52. The van der Waals surface area contributed by atoms with Gasteiger partial charge in [-0.15, -0.1) is 0 Å². The number of hydrogen-bond acceptors (Lipinski definition) is 5. The number of benzene rings is 1. The third-order valence-corrected chi connectivity index (χ3v) is 7.57. The minimum atomic E-state index is -3.66. The first-order valence-electron chi connectivity index (χ1n) is 11.6. The SMILES string of the molecule is Cc1ccc(C)c(S(=O)(=O)NCCC(=O)N2CCC(C(=O)NCC(C)(C)CN(C)C)CC2)c1. The van der Waals surface area contributed by atoms with Crippen LogP contribution in [0.1, 0.15) is 44.2 Å². The van der Waals surface area contributed by atoms with Crippen molar-refractivity contribution in [1.82, 2.24) is 19.8 Å². The van der Waals surface area contributed by atoms with Crippen molar-refractivity contribution in [3.63, 3.8) is 0 Å². The van der Waals surface area contributed by atoms with E-state index in [2.05, 4.69) is 28.8 Å². The van der Waals surface area contributed by atoms with Crippen molar-refractivity contribution in [1.29, 1.82) is 0 Å². The summed E-state index contributed by atoms with van der Waals surface area (Å²) in [6.07, 6.45) is 1.35. The van der Waals surface area contributed by atoms with E-state index in [1.54, 1.807) is 24.0 Å². The molecule has 9 heteroatoms. The Labute approximate surface area is 199 Å². The van der Waals surface area contributed by atoms with Gasteiger partial charge in [0.1, 0.15) is 0 Å². The van der Waals surface area contributed by atoms with Crippen molar-refractivity contribution in [2.45, 2.75) is 51.9 Å². The van der Waals surface area contributed by atoms with Crippen molar-refractivity contribution in [3.8, 4) is 0 Å². The van der Waals surface area contributed by atoms with Crippen LogP contribution in [0.3, 0.4) is 0 Å². The molecule has 2 rings (SSSR count). The van der Waals surface area contributed by atoms with E-state index >= 15 is 0 Å². The molecule has 0 spiro atoms. The monoisotopic (exact) mass is 480 g/mol. The number of piperidine rings is 1. The molecule has 0 unspecified atom stereocenters. The highest BCUT2D eigenvalue weighted by Crippen LogP contribution is 2.20.